The van der Waals surface area contributed by atoms with Crippen LogP contribution in [-0.4, -0.2) is 11.0 Å². The highest BCUT2D eigenvalue weighted by Crippen LogP contribution is 2.26. The van der Waals surface area contributed by atoms with Crippen molar-refractivity contribution in [1.82, 2.24) is 0 Å². The molecule has 0 N–H and O–H groups in total. The normalized spacial score (nSPS) is 16.6. The Morgan fingerprint density at radius 3 is 2.40 bits per heavy atom. The van der Waals surface area contributed by atoms with Crippen molar-refractivity contribution in [3.8, 4) is 5.75 Å². The van der Waals surface area contributed by atoms with Gasteiger partial charge in [0.25, 0.3) is 0 Å². The third-order valence-electron chi connectivity index (χ3n) is 1.64. The van der Waals surface area contributed by atoms with Crippen molar-refractivity contribution < 1.29 is 9.53 Å². The summed E-state index contributed by atoms with van der Waals surface area (Å²) in [6.45, 7) is 0. The molecular formula is C8H6N4O2S. The summed E-state index contributed by atoms with van der Waals surface area (Å²) < 4.78 is 4.98. The van der Waals surface area contributed by atoms with Crippen LogP contribution in [0.3, 0.4) is 0 Å². The molecule has 0 atom stereocenters. The molecule has 1 aromatic carbocycles. The Kier molecular flexibility index (Phi) is 2.46. The molecular weight excluding hydrogens is 216 g/mol. The highest BCUT2D eigenvalue weighted by Gasteiger charge is 2.40. The highest BCUT2D eigenvalue weighted by atomic mass is 32.1. The van der Waals surface area contributed by atoms with E-state index >= 15 is 0 Å². The van der Waals surface area contributed by atoms with Crippen LogP contribution in [0.15, 0.2) is 51.0 Å². The molecule has 76 valence electrons. The first-order valence-electron chi connectivity index (χ1n) is 4.04. The van der Waals surface area contributed by atoms with Gasteiger partial charge in [0, 0.05) is 0 Å². The van der Waals surface area contributed by atoms with Crippen LogP contribution in [-0.2, 0) is 4.79 Å². The monoisotopic (exact) mass is 222 g/mol. The molecule has 0 bridgehead atoms. The number of ether oxygens (including phenoxy) is 1. The van der Waals surface area contributed by atoms with Gasteiger partial charge in [-0.25, -0.2) is 4.79 Å². The van der Waals surface area contributed by atoms with Gasteiger partial charge in [0.05, 0.1) is 0 Å². The second-order valence-corrected chi connectivity index (χ2v) is 3.34. The second kappa shape index (κ2) is 3.77. The zero-order valence-electron chi connectivity index (χ0n) is 7.44. The van der Waals surface area contributed by atoms with E-state index in [1.54, 1.807) is 24.3 Å². The van der Waals surface area contributed by atoms with Gasteiger partial charge >= 0.3 is 11.0 Å². The molecule has 0 amide bonds. The molecule has 1 heterocycles. The maximum atomic E-state index is 11.5. The number of rotatable bonds is 2. The first kappa shape index (κ1) is 9.78. The molecule has 1 aliphatic rings. The van der Waals surface area contributed by atoms with Crippen molar-refractivity contribution in [1.29, 1.82) is 0 Å². The minimum absolute atomic E-state index is 0.397. The summed E-state index contributed by atoms with van der Waals surface area (Å²) in [5, 5.41) is 13.3. The third kappa shape index (κ3) is 2.01. The number of carbonyl (C=O) groups is 1. The van der Waals surface area contributed by atoms with Gasteiger partial charge in [-0.05, 0) is 22.6 Å². The number of para-hydroxylation sites is 1. The van der Waals surface area contributed by atoms with E-state index in [0.29, 0.717) is 5.75 Å². The Hall–Kier alpha value is -1.76. The van der Waals surface area contributed by atoms with Crippen LogP contribution in [0.2, 0.25) is 0 Å². The van der Waals surface area contributed by atoms with E-state index in [1.165, 1.54) is 0 Å². The van der Waals surface area contributed by atoms with Gasteiger partial charge in [-0.2, -0.15) is 0 Å². The van der Waals surface area contributed by atoms with Gasteiger partial charge in [0.1, 0.15) is 5.75 Å². The minimum Gasteiger partial charge on any atom is -0.423 e. The van der Waals surface area contributed by atoms with Gasteiger partial charge in [-0.1, -0.05) is 18.2 Å². The maximum Gasteiger partial charge on any atom is 0.376 e. The number of nitrogens with zero attached hydrogens (tertiary/aromatic N) is 4. The lowest BCUT2D eigenvalue weighted by molar-refractivity contribution is -0.136. The molecule has 0 aliphatic carbocycles. The number of hydrogen-bond acceptors (Lipinski definition) is 7. The number of carbonyl (C=O) groups excluding carboxylic acids is 1. The molecule has 1 aromatic rings. The lowest BCUT2D eigenvalue weighted by atomic mass is 10.3. The molecule has 0 saturated heterocycles. The predicted molar refractivity (Wildman–Crippen MR) is 53.5 cm³/mol. The molecule has 0 saturated carbocycles. The number of hydrogen-bond donors (Lipinski definition) is 1. The summed E-state index contributed by atoms with van der Waals surface area (Å²) in [6.07, 6.45) is 0. The Morgan fingerprint density at radius 1 is 1.20 bits per heavy atom. The average Bonchev–Trinajstić information content (AvgIpc) is 2.68. The standard InChI is InChI=1S/C8H6N4O2S/c13-7(8(15)9-11-12-10-8)14-6-4-2-1-3-5-6/h1-5,15H. The Morgan fingerprint density at radius 2 is 1.80 bits per heavy atom. The largest absolute Gasteiger partial charge is 0.423 e. The first-order chi connectivity index (χ1) is 7.21. The molecule has 0 spiro atoms. The zero-order valence-corrected chi connectivity index (χ0v) is 8.33. The fourth-order valence-corrected chi connectivity index (χ4v) is 1.06. The summed E-state index contributed by atoms with van der Waals surface area (Å²) in [4.78, 5) is 9.89. The molecule has 2 rings (SSSR count). The number of benzene rings is 1. The van der Waals surface area contributed by atoms with Crippen LogP contribution in [0.5, 0.6) is 5.75 Å². The van der Waals surface area contributed by atoms with Crippen LogP contribution >= 0.6 is 12.6 Å². The average molecular weight is 222 g/mol. The van der Waals surface area contributed by atoms with Crippen molar-refractivity contribution in [3.63, 3.8) is 0 Å². The lowest BCUT2D eigenvalue weighted by Crippen LogP contribution is -2.30. The molecule has 0 unspecified atom stereocenters. The number of thiol groups is 1. The van der Waals surface area contributed by atoms with E-state index in [2.05, 4.69) is 33.3 Å². The summed E-state index contributed by atoms with van der Waals surface area (Å²) in [5.74, 6) is -0.338. The summed E-state index contributed by atoms with van der Waals surface area (Å²) in [5.41, 5.74) is 0. The van der Waals surface area contributed by atoms with E-state index in [-0.39, 0.29) is 0 Å². The molecule has 0 fully saturated rings. The molecule has 1 aliphatic heterocycles. The molecule has 15 heavy (non-hydrogen) atoms. The second-order valence-electron chi connectivity index (χ2n) is 2.72. The van der Waals surface area contributed by atoms with E-state index in [0.717, 1.165) is 0 Å². The van der Waals surface area contributed by atoms with E-state index in [4.69, 9.17) is 4.74 Å². The molecule has 7 heteroatoms. The maximum absolute atomic E-state index is 11.5. The lowest BCUT2D eigenvalue weighted by Gasteiger charge is -2.10. The summed E-state index contributed by atoms with van der Waals surface area (Å²) in [7, 11) is 0. The van der Waals surface area contributed by atoms with E-state index in [1.807, 2.05) is 6.07 Å². The molecule has 0 radical (unpaired) electrons. The predicted octanol–water partition coefficient (Wildman–Crippen LogP) is 2.01. The van der Waals surface area contributed by atoms with Crippen LogP contribution in [0.1, 0.15) is 0 Å². The van der Waals surface area contributed by atoms with Crippen molar-refractivity contribution in [2.45, 2.75) is 4.99 Å². The van der Waals surface area contributed by atoms with Crippen molar-refractivity contribution >= 4 is 18.6 Å². The van der Waals surface area contributed by atoms with Crippen molar-refractivity contribution in [2.75, 3.05) is 0 Å². The van der Waals surface area contributed by atoms with E-state index < -0.39 is 11.0 Å². The molecule has 6 nitrogen and oxygen atoms in total. The quantitative estimate of drug-likeness (QED) is 0.472. The van der Waals surface area contributed by atoms with Gasteiger partial charge < -0.3 is 4.74 Å². The number of esters is 1. The fraction of sp³-hybridized carbons (Fsp3) is 0.125. The zero-order chi connectivity index (χ0) is 10.7. The summed E-state index contributed by atoms with van der Waals surface area (Å²) in [6, 6.07) is 8.57. The smallest absolute Gasteiger partial charge is 0.376 e. The molecule has 0 aromatic heterocycles. The van der Waals surface area contributed by atoms with Gasteiger partial charge in [-0.15, -0.1) is 22.9 Å². The van der Waals surface area contributed by atoms with Gasteiger partial charge in [0.2, 0.25) is 0 Å². The Labute approximate surface area is 90.4 Å². The summed E-state index contributed by atoms with van der Waals surface area (Å²) >= 11 is 3.91. The Bertz CT molecular complexity index is 420. The van der Waals surface area contributed by atoms with Crippen molar-refractivity contribution in [2.24, 2.45) is 20.7 Å². The Balaban J connectivity index is 2.11. The fourth-order valence-electron chi connectivity index (χ4n) is 0.930. The van der Waals surface area contributed by atoms with Gasteiger partial charge in [-0.3, -0.25) is 0 Å². The van der Waals surface area contributed by atoms with Crippen LogP contribution in [0.4, 0.5) is 0 Å². The SMILES string of the molecule is O=C(Oc1ccccc1)C1(S)N=NN=N1. The van der Waals surface area contributed by atoms with E-state index in [9.17, 15) is 4.79 Å². The van der Waals surface area contributed by atoms with Crippen LogP contribution in [0.25, 0.3) is 0 Å². The van der Waals surface area contributed by atoms with Crippen molar-refractivity contribution in [3.05, 3.63) is 30.3 Å². The van der Waals surface area contributed by atoms with Crippen LogP contribution in [0, 0.1) is 0 Å². The minimum atomic E-state index is -1.64. The first-order valence-corrected chi connectivity index (χ1v) is 4.49. The third-order valence-corrected chi connectivity index (χ3v) is 2.00. The topological polar surface area (TPSA) is 75.7 Å². The van der Waals surface area contributed by atoms with Crippen LogP contribution < -0.4 is 4.74 Å². The van der Waals surface area contributed by atoms with Gasteiger partial charge in [0.15, 0.2) is 0 Å². The highest BCUT2D eigenvalue weighted by molar-refractivity contribution is 7.82.